The number of sulfonamides is 1. The van der Waals surface area contributed by atoms with Crippen LogP contribution in [0.5, 0.6) is 0 Å². The third-order valence-corrected chi connectivity index (χ3v) is 7.35. The average molecular weight is 374 g/mol. The molecule has 1 aromatic rings. The molecule has 0 spiro atoms. The van der Waals surface area contributed by atoms with Crippen molar-refractivity contribution >= 4 is 33.2 Å². The van der Waals surface area contributed by atoms with Crippen LogP contribution in [0.4, 0.5) is 0 Å². The second-order valence-electron chi connectivity index (χ2n) is 5.77. The van der Waals surface area contributed by atoms with Gasteiger partial charge in [0, 0.05) is 13.1 Å². The van der Waals surface area contributed by atoms with Gasteiger partial charge in [-0.1, -0.05) is 19.4 Å². The zero-order chi connectivity index (χ0) is 17.7. The number of amides is 1. The van der Waals surface area contributed by atoms with E-state index in [1.165, 1.54) is 10.4 Å². The molecule has 0 aromatic carbocycles. The van der Waals surface area contributed by atoms with Gasteiger partial charge in [-0.15, -0.1) is 11.3 Å². The molecule has 1 aromatic heterocycles. The summed E-state index contributed by atoms with van der Waals surface area (Å²) in [5.41, 5.74) is 0. The van der Waals surface area contributed by atoms with Crippen LogP contribution in [-0.4, -0.2) is 48.8 Å². The van der Waals surface area contributed by atoms with Crippen molar-refractivity contribution in [2.75, 3.05) is 13.1 Å². The van der Waals surface area contributed by atoms with E-state index in [1.54, 1.807) is 11.4 Å². The number of hydrogen-bond donors (Lipinski definition) is 2. The monoisotopic (exact) mass is 374 g/mol. The number of hydrogen-bond acceptors (Lipinski definition) is 5. The zero-order valence-electron chi connectivity index (χ0n) is 13.5. The Morgan fingerprint density at radius 1 is 1.50 bits per heavy atom. The fourth-order valence-corrected chi connectivity index (χ4v) is 5.59. The third kappa shape index (κ3) is 4.14. The van der Waals surface area contributed by atoms with Crippen molar-refractivity contribution in [1.29, 1.82) is 0 Å². The Morgan fingerprint density at radius 3 is 2.83 bits per heavy atom. The first-order valence-corrected chi connectivity index (χ1v) is 10.3. The molecule has 2 atom stereocenters. The molecule has 9 heteroatoms. The predicted octanol–water partition coefficient (Wildman–Crippen LogP) is 1.52. The van der Waals surface area contributed by atoms with E-state index in [9.17, 15) is 18.0 Å². The largest absolute Gasteiger partial charge is 0.481 e. The maximum atomic E-state index is 12.6. The Bertz CT molecular complexity index is 672. The van der Waals surface area contributed by atoms with Crippen LogP contribution in [0.2, 0.25) is 0 Å². The standard InChI is InChI=1S/C15H22N2O5S2/c1-2-5-11(15(19)20)10-16-14(18)12-6-3-8-17(12)24(21,22)13-7-4-9-23-13/h4,7,9,11-12H,2-3,5-6,8,10H2,1H3,(H,16,18)(H,19,20). The Kier molecular flexibility index (Phi) is 6.36. The minimum Gasteiger partial charge on any atom is -0.481 e. The van der Waals surface area contributed by atoms with E-state index in [0.717, 1.165) is 11.3 Å². The van der Waals surface area contributed by atoms with Crippen LogP contribution in [0.25, 0.3) is 0 Å². The van der Waals surface area contributed by atoms with Gasteiger partial charge in [0.2, 0.25) is 5.91 Å². The first-order chi connectivity index (χ1) is 11.4. The maximum absolute atomic E-state index is 12.6. The van der Waals surface area contributed by atoms with Gasteiger partial charge in [0.1, 0.15) is 10.3 Å². The van der Waals surface area contributed by atoms with E-state index >= 15 is 0 Å². The summed E-state index contributed by atoms with van der Waals surface area (Å²) in [6, 6.07) is 2.41. The lowest BCUT2D eigenvalue weighted by molar-refractivity contribution is -0.142. The van der Waals surface area contributed by atoms with E-state index in [1.807, 2.05) is 6.92 Å². The van der Waals surface area contributed by atoms with E-state index in [4.69, 9.17) is 5.11 Å². The van der Waals surface area contributed by atoms with Crippen molar-refractivity contribution in [2.24, 2.45) is 5.92 Å². The van der Waals surface area contributed by atoms with E-state index in [2.05, 4.69) is 5.32 Å². The molecular weight excluding hydrogens is 352 g/mol. The summed E-state index contributed by atoms with van der Waals surface area (Å²) in [6.45, 7) is 2.20. The van der Waals surface area contributed by atoms with E-state index < -0.39 is 33.9 Å². The molecule has 134 valence electrons. The van der Waals surface area contributed by atoms with Gasteiger partial charge >= 0.3 is 5.97 Å². The highest BCUT2D eigenvalue weighted by molar-refractivity contribution is 7.91. The van der Waals surface area contributed by atoms with Gasteiger partial charge in [-0.3, -0.25) is 9.59 Å². The van der Waals surface area contributed by atoms with E-state index in [0.29, 0.717) is 32.2 Å². The van der Waals surface area contributed by atoms with Crippen LogP contribution in [0.15, 0.2) is 21.7 Å². The van der Waals surface area contributed by atoms with Gasteiger partial charge in [-0.25, -0.2) is 8.42 Å². The summed E-state index contributed by atoms with van der Waals surface area (Å²) in [5, 5.41) is 13.4. The van der Waals surface area contributed by atoms with Gasteiger partial charge in [0.25, 0.3) is 10.0 Å². The van der Waals surface area contributed by atoms with Crippen molar-refractivity contribution < 1.29 is 23.1 Å². The number of nitrogens with zero attached hydrogens (tertiary/aromatic N) is 1. The summed E-state index contributed by atoms with van der Waals surface area (Å²) in [6.07, 6.45) is 2.23. The van der Waals surface area contributed by atoms with Crippen LogP contribution < -0.4 is 5.32 Å². The third-order valence-electron chi connectivity index (χ3n) is 4.07. The zero-order valence-corrected chi connectivity index (χ0v) is 15.1. The Labute approximate surface area is 145 Å². The molecule has 1 fully saturated rings. The van der Waals surface area contributed by atoms with Gasteiger partial charge in [0.15, 0.2) is 0 Å². The van der Waals surface area contributed by atoms with Crippen LogP contribution in [0.1, 0.15) is 32.6 Å². The lowest BCUT2D eigenvalue weighted by Crippen LogP contribution is -2.47. The van der Waals surface area contributed by atoms with Gasteiger partial charge in [-0.2, -0.15) is 4.31 Å². The molecule has 2 heterocycles. The minimum atomic E-state index is -3.68. The molecule has 2 rings (SSSR count). The van der Waals surface area contributed by atoms with Crippen LogP contribution in [0.3, 0.4) is 0 Å². The number of aliphatic carboxylic acids is 1. The molecule has 2 unspecified atom stereocenters. The molecule has 0 aliphatic carbocycles. The predicted molar refractivity (Wildman–Crippen MR) is 90.3 cm³/mol. The highest BCUT2D eigenvalue weighted by Gasteiger charge is 2.40. The highest BCUT2D eigenvalue weighted by atomic mass is 32.2. The number of carbonyl (C=O) groups excluding carboxylic acids is 1. The first-order valence-electron chi connectivity index (χ1n) is 7.93. The molecule has 2 N–H and O–H groups in total. The minimum absolute atomic E-state index is 0.0192. The molecule has 1 aliphatic heterocycles. The van der Waals surface area contributed by atoms with Gasteiger partial charge in [-0.05, 0) is 30.7 Å². The normalized spacial score (nSPS) is 20.0. The van der Waals surface area contributed by atoms with Gasteiger partial charge in [0.05, 0.1) is 5.92 Å². The second kappa shape index (κ2) is 8.09. The Balaban J connectivity index is 2.05. The molecule has 7 nitrogen and oxygen atoms in total. The van der Waals surface area contributed by atoms with Crippen LogP contribution in [-0.2, 0) is 19.6 Å². The molecule has 1 aliphatic rings. The molecule has 0 bridgehead atoms. The van der Waals surface area contributed by atoms with Crippen molar-refractivity contribution in [3.8, 4) is 0 Å². The summed E-state index contributed by atoms with van der Waals surface area (Å²) in [7, 11) is -3.68. The summed E-state index contributed by atoms with van der Waals surface area (Å²) >= 11 is 1.12. The van der Waals surface area contributed by atoms with Crippen molar-refractivity contribution in [2.45, 2.75) is 42.9 Å². The lowest BCUT2D eigenvalue weighted by Gasteiger charge is -2.23. The number of carboxylic acid groups (broad SMARTS) is 1. The topological polar surface area (TPSA) is 104 Å². The van der Waals surface area contributed by atoms with Crippen molar-refractivity contribution in [3.05, 3.63) is 17.5 Å². The van der Waals surface area contributed by atoms with Crippen LogP contribution in [0, 0.1) is 5.92 Å². The second-order valence-corrected chi connectivity index (χ2v) is 8.84. The number of carboxylic acids is 1. The molecule has 1 saturated heterocycles. The fraction of sp³-hybridized carbons (Fsp3) is 0.600. The van der Waals surface area contributed by atoms with Gasteiger partial charge < -0.3 is 10.4 Å². The summed E-state index contributed by atoms with van der Waals surface area (Å²) in [4.78, 5) is 23.5. The molecule has 1 amide bonds. The summed E-state index contributed by atoms with van der Waals surface area (Å²) in [5.74, 6) is -2.02. The van der Waals surface area contributed by atoms with Crippen molar-refractivity contribution in [3.63, 3.8) is 0 Å². The number of carbonyl (C=O) groups is 2. The highest BCUT2D eigenvalue weighted by Crippen LogP contribution is 2.28. The summed E-state index contributed by atoms with van der Waals surface area (Å²) < 4.78 is 26.7. The lowest BCUT2D eigenvalue weighted by atomic mass is 10.0. The molecule has 0 radical (unpaired) electrons. The maximum Gasteiger partial charge on any atom is 0.308 e. The number of nitrogens with one attached hydrogen (secondary N) is 1. The van der Waals surface area contributed by atoms with Crippen molar-refractivity contribution in [1.82, 2.24) is 9.62 Å². The number of thiophene rings is 1. The van der Waals surface area contributed by atoms with E-state index in [-0.39, 0.29) is 10.8 Å². The first kappa shape index (κ1) is 18.9. The molecular formula is C15H22N2O5S2. The fourth-order valence-electron chi connectivity index (χ4n) is 2.82. The molecule has 0 saturated carbocycles. The average Bonchev–Trinajstić information content (AvgIpc) is 3.22. The van der Waals surface area contributed by atoms with Crippen LogP contribution >= 0.6 is 11.3 Å². The smallest absolute Gasteiger partial charge is 0.308 e. The Morgan fingerprint density at radius 2 is 2.25 bits per heavy atom. The number of rotatable bonds is 8. The Hall–Kier alpha value is -1.45. The quantitative estimate of drug-likeness (QED) is 0.718. The SMILES string of the molecule is CCCC(CNC(=O)C1CCCN1S(=O)(=O)c1cccs1)C(=O)O. The molecule has 24 heavy (non-hydrogen) atoms.